The number of carbonyl (C=O) groups excluding carboxylic acids is 1. The number of benzene rings is 1. The van der Waals surface area contributed by atoms with Crippen LogP contribution in [0.15, 0.2) is 18.2 Å². The topological polar surface area (TPSA) is 49.3 Å². The largest absolute Gasteiger partial charge is 0.384 e. The van der Waals surface area contributed by atoms with Gasteiger partial charge in [-0.1, -0.05) is 45.6 Å². The zero-order valence-corrected chi connectivity index (χ0v) is 13.6. The first-order valence-corrected chi connectivity index (χ1v) is 7.24. The molecule has 1 rings (SSSR count). The molecule has 0 radical (unpaired) electrons. The number of rotatable bonds is 3. The second-order valence-corrected chi connectivity index (χ2v) is 6.53. The highest BCUT2D eigenvalue weighted by Crippen LogP contribution is 2.28. The first-order valence-electron chi connectivity index (χ1n) is 7.24. The van der Waals surface area contributed by atoms with Crippen LogP contribution in [0, 0.1) is 30.1 Å². The van der Waals surface area contributed by atoms with E-state index < -0.39 is 0 Å². The van der Waals surface area contributed by atoms with E-state index in [9.17, 15) is 4.79 Å². The molecule has 3 heteroatoms. The molecule has 1 amide bonds. The maximum atomic E-state index is 12.2. The zero-order valence-electron chi connectivity index (χ0n) is 13.6. The summed E-state index contributed by atoms with van der Waals surface area (Å²) < 4.78 is 0. The molecule has 3 nitrogen and oxygen atoms in total. The maximum absolute atomic E-state index is 12.2. The monoisotopic (exact) mass is 287 g/mol. The van der Waals surface area contributed by atoms with Gasteiger partial charge in [-0.15, -0.1) is 0 Å². The number of nitrogens with one attached hydrogen (secondary N) is 1. The molecule has 0 heterocycles. The molecule has 21 heavy (non-hydrogen) atoms. The fourth-order valence-electron chi connectivity index (χ4n) is 1.79. The van der Waals surface area contributed by atoms with Gasteiger partial charge in [0, 0.05) is 12.0 Å². The number of anilines is 1. The molecule has 2 N–H and O–H groups in total. The van der Waals surface area contributed by atoms with Crippen molar-refractivity contribution < 1.29 is 9.90 Å². The minimum absolute atomic E-state index is 0.00618. The number of aryl methyl sites for hydroxylation is 1. The van der Waals surface area contributed by atoms with Crippen LogP contribution in [-0.4, -0.2) is 17.6 Å². The second kappa shape index (κ2) is 7.28. The van der Waals surface area contributed by atoms with Crippen molar-refractivity contribution in [2.45, 2.75) is 41.0 Å². The van der Waals surface area contributed by atoms with Crippen molar-refractivity contribution in [3.63, 3.8) is 0 Å². The third-order valence-electron chi connectivity index (χ3n) is 3.72. The van der Waals surface area contributed by atoms with Crippen LogP contribution >= 0.6 is 0 Å². The fraction of sp³-hybridized carbons (Fsp3) is 0.500. The fourth-order valence-corrected chi connectivity index (χ4v) is 1.79. The molecule has 1 aromatic rings. The lowest BCUT2D eigenvalue weighted by atomic mass is 9.80. The summed E-state index contributed by atoms with van der Waals surface area (Å²) in [6.45, 7) is 10.3. The van der Waals surface area contributed by atoms with Crippen molar-refractivity contribution >= 4 is 11.6 Å². The van der Waals surface area contributed by atoms with E-state index in [0.717, 1.165) is 11.1 Å². The average Bonchev–Trinajstić information content (AvgIpc) is 2.37. The number of hydrogen-bond acceptors (Lipinski definition) is 2. The van der Waals surface area contributed by atoms with Gasteiger partial charge in [-0.2, -0.15) is 0 Å². The highest BCUT2D eigenvalue weighted by molar-refractivity contribution is 5.92. The van der Waals surface area contributed by atoms with E-state index in [1.54, 1.807) is 0 Å². The van der Waals surface area contributed by atoms with Crippen molar-refractivity contribution in [1.29, 1.82) is 0 Å². The average molecular weight is 287 g/mol. The molecule has 0 aliphatic carbocycles. The van der Waals surface area contributed by atoms with Gasteiger partial charge < -0.3 is 10.4 Å². The van der Waals surface area contributed by atoms with Crippen LogP contribution < -0.4 is 5.32 Å². The van der Waals surface area contributed by atoms with Gasteiger partial charge in [0.2, 0.25) is 5.91 Å². The van der Waals surface area contributed by atoms with Gasteiger partial charge in [0.1, 0.15) is 6.61 Å². The van der Waals surface area contributed by atoms with E-state index in [1.807, 2.05) is 25.1 Å². The third-order valence-corrected chi connectivity index (χ3v) is 3.72. The van der Waals surface area contributed by atoms with Crippen LogP contribution in [-0.2, 0) is 4.79 Å². The second-order valence-electron chi connectivity index (χ2n) is 6.53. The molecule has 0 saturated heterocycles. The molecule has 0 bridgehead atoms. The molecule has 1 aromatic carbocycles. The van der Waals surface area contributed by atoms with Gasteiger partial charge in [0.25, 0.3) is 0 Å². The van der Waals surface area contributed by atoms with Crippen molar-refractivity contribution in [3.05, 3.63) is 29.3 Å². The van der Waals surface area contributed by atoms with Crippen LogP contribution in [0.3, 0.4) is 0 Å². The standard InChI is InChI=1S/C18H25NO2/c1-13-8-9-16(15(11-13)7-6-10-20)19-17(21)12-14(2)18(3,4)5/h8-9,11,14,20H,10,12H2,1-5H3,(H,19,21). The first kappa shape index (κ1) is 17.3. The lowest BCUT2D eigenvalue weighted by Gasteiger charge is -2.26. The Kier molecular flexibility index (Phi) is 5.99. The van der Waals surface area contributed by atoms with Gasteiger partial charge in [-0.3, -0.25) is 4.79 Å². The number of aliphatic hydroxyl groups is 1. The quantitative estimate of drug-likeness (QED) is 0.838. The van der Waals surface area contributed by atoms with Crippen LogP contribution in [0.2, 0.25) is 0 Å². The molecule has 0 saturated carbocycles. The molecule has 114 valence electrons. The highest BCUT2D eigenvalue weighted by Gasteiger charge is 2.22. The molecule has 0 aliphatic rings. The Morgan fingerprint density at radius 3 is 2.62 bits per heavy atom. The summed E-state index contributed by atoms with van der Waals surface area (Å²) in [6.07, 6.45) is 0.476. The van der Waals surface area contributed by atoms with Gasteiger partial charge >= 0.3 is 0 Å². The van der Waals surface area contributed by atoms with E-state index in [0.29, 0.717) is 12.1 Å². The summed E-state index contributed by atoms with van der Waals surface area (Å²) >= 11 is 0. The van der Waals surface area contributed by atoms with Crippen LogP contribution in [0.5, 0.6) is 0 Å². The third kappa shape index (κ3) is 5.61. The summed E-state index contributed by atoms with van der Waals surface area (Å²) in [5.41, 5.74) is 2.61. The lowest BCUT2D eigenvalue weighted by Crippen LogP contribution is -2.24. The molecule has 0 aliphatic heterocycles. The lowest BCUT2D eigenvalue weighted by molar-refractivity contribution is -0.117. The van der Waals surface area contributed by atoms with Gasteiger partial charge in [-0.25, -0.2) is 0 Å². The summed E-state index contributed by atoms with van der Waals surface area (Å²) in [4.78, 5) is 12.2. The Morgan fingerprint density at radius 2 is 2.05 bits per heavy atom. The highest BCUT2D eigenvalue weighted by atomic mass is 16.2. The first-order chi connectivity index (χ1) is 9.74. The molecule has 0 fully saturated rings. The Hall–Kier alpha value is -1.79. The summed E-state index contributed by atoms with van der Waals surface area (Å²) in [5.74, 6) is 5.78. The molecular formula is C18H25NO2. The minimum atomic E-state index is -0.192. The predicted molar refractivity (Wildman–Crippen MR) is 87.0 cm³/mol. The molecular weight excluding hydrogens is 262 g/mol. The molecule has 1 atom stereocenters. The summed E-state index contributed by atoms with van der Waals surface area (Å²) in [6, 6.07) is 5.70. The smallest absolute Gasteiger partial charge is 0.224 e. The van der Waals surface area contributed by atoms with Crippen molar-refractivity contribution in [2.75, 3.05) is 11.9 Å². The summed E-state index contributed by atoms with van der Waals surface area (Å²) in [5, 5.41) is 11.7. The number of amides is 1. The van der Waals surface area contributed by atoms with Gasteiger partial charge in [0.15, 0.2) is 0 Å². The SMILES string of the molecule is Cc1ccc(NC(=O)CC(C)C(C)(C)C)c(C#CCO)c1. The zero-order chi connectivity index (χ0) is 16.0. The number of aliphatic hydroxyl groups excluding tert-OH is 1. The van der Waals surface area contributed by atoms with Gasteiger partial charge in [0.05, 0.1) is 5.69 Å². The summed E-state index contributed by atoms with van der Waals surface area (Å²) in [7, 11) is 0. The van der Waals surface area contributed by atoms with Crippen LogP contribution in [0.25, 0.3) is 0 Å². The van der Waals surface area contributed by atoms with Crippen molar-refractivity contribution in [2.24, 2.45) is 11.3 Å². The van der Waals surface area contributed by atoms with Gasteiger partial charge in [-0.05, 0) is 36.0 Å². The van der Waals surface area contributed by atoms with Crippen molar-refractivity contribution in [1.82, 2.24) is 0 Å². The molecule has 1 unspecified atom stereocenters. The van der Waals surface area contributed by atoms with Crippen LogP contribution in [0.1, 0.15) is 45.2 Å². The predicted octanol–water partition coefficient (Wildman–Crippen LogP) is 3.35. The normalized spacial score (nSPS) is 12.3. The molecule has 0 spiro atoms. The molecule has 0 aromatic heterocycles. The van der Waals surface area contributed by atoms with E-state index in [1.165, 1.54) is 0 Å². The van der Waals surface area contributed by atoms with Crippen molar-refractivity contribution in [3.8, 4) is 11.8 Å². The number of hydrogen-bond donors (Lipinski definition) is 2. The van der Waals surface area contributed by atoms with E-state index in [4.69, 9.17) is 5.11 Å². The number of carbonyl (C=O) groups is 1. The van der Waals surface area contributed by atoms with E-state index in [2.05, 4.69) is 44.9 Å². The Balaban J connectivity index is 2.85. The Morgan fingerprint density at radius 1 is 1.38 bits per heavy atom. The Bertz CT molecular complexity index is 559. The van der Waals surface area contributed by atoms with E-state index in [-0.39, 0.29) is 23.8 Å². The maximum Gasteiger partial charge on any atom is 0.224 e. The van der Waals surface area contributed by atoms with Crippen LogP contribution in [0.4, 0.5) is 5.69 Å². The van der Waals surface area contributed by atoms with E-state index >= 15 is 0 Å². The Labute approximate surface area is 127 Å². The minimum Gasteiger partial charge on any atom is -0.384 e.